The van der Waals surface area contributed by atoms with Crippen molar-refractivity contribution >= 4 is 51.2 Å². The van der Waals surface area contributed by atoms with Crippen LogP contribution in [0.3, 0.4) is 0 Å². The smallest absolute Gasteiger partial charge is 0.0795 e. The second-order valence-electron chi connectivity index (χ2n) is 2.96. The Bertz CT molecular complexity index is 445. The zero-order valence-corrected chi connectivity index (χ0v) is 11.4. The van der Waals surface area contributed by atoms with Crippen molar-refractivity contribution in [3.8, 4) is 0 Å². The zero-order chi connectivity index (χ0) is 10.7. The van der Waals surface area contributed by atoms with Crippen LogP contribution in [-0.4, -0.2) is 4.98 Å². The van der Waals surface area contributed by atoms with Crippen LogP contribution in [0.4, 0.5) is 5.69 Å². The Morgan fingerprint density at radius 1 is 1.47 bits per heavy atom. The molecule has 0 aliphatic rings. The summed E-state index contributed by atoms with van der Waals surface area (Å²) in [5, 5.41) is 6.02. The Morgan fingerprint density at radius 3 is 3.00 bits per heavy atom. The summed E-state index contributed by atoms with van der Waals surface area (Å²) in [6, 6.07) is 5.94. The standard InChI is InChI=1S/C10H8ClIN2S/c11-9-3-7(12)1-2-10(9)13-4-8-5-15-6-14-8/h1-3,5-6,13H,4H2. The molecule has 0 saturated carbocycles. The van der Waals surface area contributed by atoms with Crippen molar-refractivity contribution < 1.29 is 0 Å². The maximum atomic E-state index is 6.08. The summed E-state index contributed by atoms with van der Waals surface area (Å²) in [6.45, 7) is 0.712. The second kappa shape index (κ2) is 5.14. The molecule has 0 atom stereocenters. The van der Waals surface area contributed by atoms with Crippen molar-refractivity contribution in [3.63, 3.8) is 0 Å². The molecular weight excluding hydrogens is 343 g/mol. The lowest BCUT2D eigenvalue weighted by Gasteiger charge is -2.06. The fraction of sp³-hybridized carbons (Fsp3) is 0.100. The van der Waals surface area contributed by atoms with Gasteiger partial charge in [-0.25, -0.2) is 4.98 Å². The van der Waals surface area contributed by atoms with Crippen molar-refractivity contribution in [2.24, 2.45) is 0 Å². The van der Waals surface area contributed by atoms with E-state index >= 15 is 0 Å². The SMILES string of the molecule is Clc1cc(I)ccc1NCc1cscn1. The van der Waals surface area contributed by atoms with Crippen molar-refractivity contribution in [3.05, 3.63) is 43.4 Å². The van der Waals surface area contributed by atoms with Gasteiger partial charge in [-0.05, 0) is 40.8 Å². The summed E-state index contributed by atoms with van der Waals surface area (Å²) in [5.74, 6) is 0. The molecule has 0 radical (unpaired) electrons. The molecule has 2 aromatic rings. The van der Waals surface area contributed by atoms with E-state index in [1.165, 1.54) is 0 Å². The van der Waals surface area contributed by atoms with Crippen LogP contribution >= 0.6 is 45.5 Å². The summed E-state index contributed by atoms with van der Waals surface area (Å²) < 4.78 is 1.14. The van der Waals surface area contributed by atoms with Gasteiger partial charge in [-0.1, -0.05) is 11.6 Å². The van der Waals surface area contributed by atoms with Crippen LogP contribution in [0, 0.1) is 3.57 Å². The van der Waals surface area contributed by atoms with Crippen LogP contribution in [0.1, 0.15) is 5.69 Å². The molecule has 0 aliphatic heterocycles. The van der Waals surface area contributed by atoms with E-state index in [1.54, 1.807) is 11.3 Å². The summed E-state index contributed by atoms with van der Waals surface area (Å²) in [6.07, 6.45) is 0. The van der Waals surface area contributed by atoms with E-state index in [4.69, 9.17) is 11.6 Å². The Labute approximate surface area is 111 Å². The fourth-order valence-corrected chi connectivity index (χ4v) is 2.62. The monoisotopic (exact) mass is 350 g/mol. The summed E-state index contributed by atoms with van der Waals surface area (Å²) in [5.41, 5.74) is 3.81. The average Bonchev–Trinajstić information content (AvgIpc) is 2.69. The third-order valence-electron chi connectivity index (χ3n) is 1.87. The molecule has 0 spiro atoms. The highest BCUT2D eigenvalue weighted by molar-refractivity contribution is 14.1. The molecular formula is C10H8ClIN2S. The Balaban J connectivity index is 2.05. The number of hydrogen-bond donors (Lipinski definition) is 1. The first-order valence-electron chi connectivity index (χ1n) is 4.31. The van der Waals surface area contributed by atoms with Gasteiger partial charge in [0.05, 0.1) is 28.5 Å². The molecule has 1 heterocycles. The highest BCUT2D eigenvalue weighted by Crippen LogP contribution is 2.24. The second-order valence-corrected chi connectivity index (χ2v) is 5.33. The summed E-state index contributed by atoms with van der Waals surface area (Å²) in [7, 11) is 0. The molecule has 0 aliphatic carbocycles. The largest absolute Gasteiger partial charge is 0.378 e. The quantitative estimate of drug-likeness (QED) is 0.846. The average molecular weight is 351 g/mol. The molecule has 15 heavy (non-hydrogen) atoms. The molecule has 2 rings (SSSR count). The Morgan fingerprint density at radius 2 is 2.33 bits per heavy atom. The van der Waals surface area contributed by atoms with Crippen LogP contribution < -0.4 is 5.32 Å². The lowest BCUT2D eigenvalue weighted by atomic mass is 10.3. The van der Waals surface area contributed by atoms with Crippen molar-refractivity contribution in [1.29, 1.82) is 0 Å². The molecule has 78 valence electrons. The number of anilines is 1. The summed E-state index contributed by atoms with van der Waals surface area (Å²) >= 11 is 9.92. The van der Waals surface area contributed by atoms with Crippen molar-refractivity contribution in [1.82, 2.24) is 4.98 Å². The maximum absolute atomic E-state index is 6.08. The van der Waals surface area contributed by atoms with Crippen LogP contribution in [0.25, 0.3) is 0 Å². The number of aromatic nitrogens is 1. The van der Waals surface area contributed by atoms with Gasteiger partial charge in [-0.3, -0.25) is 0 Å². The first-order chi connectivity index (χ1) is 7.25. The summed E-state index contributed by atoms with van der Waals surface area (Å²) in [4.78, 5) is 4.19. The van der Waals surface area contributed by atoms with Gasteiger partial charge >= 0.3 is 0 Å². The fourth-order valence-electron chi connectivity index (χ4n) is 1.14. The third kappa shape index (κ3) is 3.06. The number of rotatable bonds is 3. The van der Waals surface area contributed by atoms with Gasteiger partial charge in [0.25, 0.3) is 0 Å². The minimum atomic E-state index is 0.712. The van der Waals surface area contributed by atoms with Gasteiger partial charge in [0.1, 0.15) is 0 Å². The third-order valence-corrected chi connectivity index (χ3v) is 3.49. The molecule has 0 unspecified atom stereocenters. The highest BCUT2D eigenvalue weighted by atomic mass is 127. The Kier molecular flexibility index (Phi) is 3.82. The first-order valence-corrected chi connectivity index (χ1v) is 6.71. The number of benzene rings is 1. The predicted octanol–water partition coefficient (Wildman–Crippen LogP) is 4.01. The molecule has 0 saturated heterocycles. The highest BCUT2D eigenvalue weighted by Gasteiger charge is 2.01. The van der Waals surface area contributed by atoms with Gasteiger partial charge in [0.2, 0.25) is 0 Å². The van der Waals surface area contributed by atoms with E-state index in [0.717, 1.165) is 20.0 Å². The number of nitrogens with one attached hydrogen (secondary N) is 1. The van der Waals surface area contributed by atoms with E-state index in [9.17, 15) is 0 Å². The van der Waals surface area contributed by atoms with Crippen LogP contribution in [0.2, 0.25) is 5.02 Å². The van der Waals surface area contributed by atoms with Crippen LogP contribution in [-0.2, 0) is 6.54 Å². The van der Waals surface area contributed by atoms with Gasteiger partial charge in [0.15, 0.2) is 0 Å². The van der Waals surface area contributed by atoms with Gasteiger partial charge in [-0.2, -0.15) is 0 Å². The van der Waals surface area contributed by atoms with Gasteiger partial charge < -0.3 is 5.32 Å². The van der Waals surface area contributed by atoms with Gasteiger partial charge in [0, 0.05) is 8.95 Å². The molecule has 5 heteroatoms. The Hall–Kier alpha value is -0.330. The molecule has 1 N–H and O–H groups in total. The zero-order valence-electron chi connectivity index (χ0n) is 7.71. The molecule has 2 nitrogen and oxygen atoms in total. The number of nitrogens with zero attached hydrogens (tertiary/aromatic N) is 1. The molecule has 0 fully saturated rings. The van der Waals surface area contributed by atoms with E-state index < -0.39 is 0 Å². The van der Waals surface area contributed by atoms with Crippen LogP contribution in [0.15, 0.2) is 29.1 Å². The molecule has 1 aromatic heterocycles. The first kappa shape index (κ1) is 11.2. The predicted molar refractivity (Wildman–Crippen MR) is 73.6 cm³/mol. The van der Waals surface area contributed by atoms with E-state index in [1.807, 2.05) is 29.1 Å². The molecule has 1 aromatic carbocycles. The van der Waals surface area contributed by atoms with Crippen LogP contribution in [0.5, 0.6) is 0 Å². The van der Waals surface area contributed by atoms with Gasteiger partial charge in [-0.15, -0.1) is 11.3 Å². The molecule has 0 amide bonds. The van der Waals surface area contributed by atoms with E-state index in [-0.39, 0.29) is 0 Å². The van der Waals surface area contributed by atoms with E-state index in [0.29, 0.717) is 6.54 Å². The minimum absolute atomic E-state index is 0.712. The number of hydrogen-bond acceptors (Lipinski definition) is 3. The minimum Gasteiger partial charge on any atom is -0.378 e. The normalized spacial score (nSPS) is 10.3. The lowest BCUT2D eigenvalue weighted by Crippen LogP contribution is -1.99. The van der Waals surface area contributed by atoms with E-state index in [2.05, 4.69) is 32.9 Å². The number of halogens is 2. The topological polar surface area (TPSA) is 24.9 Å². The maximum Gasteiger partial charge on any atom is 0.0795 e. The lowest BCUT2D eigenvalue weighted by molar-refractivity contribution is 1.07. The number of thiazole rings is 1. The van der Waals surface area contributed by atoms with Crippen molar-refractivity contribution in [2.75, 3.05) is 5.32 Å². The van der Waals surface area contributed by atoms with Crippen molar-refractivity contribution in [2.45, 2.75) is 6.54 Å². The molecule has 0 bridgehead atoms.